The molecule has 0 radical (unpaired) electrons. The van der Waals surface area contributed by atoms with Crippen LogP contribution < -0.4 is 10.6 Å². The van der Waals surface area contributed by atoms with Gasteiger partial charge < -0.3 is 15.7 Å². The Morgan fingerprint density at radius 2 is 2.00 bits per heavy atom. The van der Waals surface area contributed by atoms with Crippen molar-refractivity contribution in [2.24, 2.45) is 5.92 Å². The van der Waals surface area contributed by atoms with E-state index in [4.69, 9.17) is 5.11 Å². The summed E-state index contributed by atoms with van der Waals surface area (Å²) in [7, 11) is 0. The van der Waals surface area contributed by atoms with Crippen molar-refractivity contribution in [3.05, 3.63) is 47.0 Å². The van der Waals surface area contributed by atoms with Crippen molar-refractivity contribution < 1.29 is 14.7 Å². The summed E-state index contributed by atoms with van der Waals surface area (Å²) in [4.78, 5) is 23.8. The molecule has 0 saturated heterocycles. The van der Waals surface area contributed by atoms with Crippen LogP contribution in [0.15, 0.2) is 30.4 Å². The SMILES string of the molecule is Cc1ccc(C(=O)NCC(=O)N[C@@H]2C=C[C@H](CO)C2)cc1C. The fourth-order valence-electron chi connectivity index (χ4n) is 2.42. The van der Waals surface area contributed by atoms with Crippen LogP contribution in [0.4, 0.5) is 0 Å². The number of nitrogens with one attached hydrogen (secondary N) is 2. The van der Waals surface area contributed by atoms with Crippen LogP contribution >= 0.6 is 0 Å². The van der Waals surface area contributed by atoms with Crippen LogP contribution in [-0.4, -0.2) is 36.1 Å². The van der Waals surface area contributed by atoms with E-state index in [0.717, 1.165) is 11.1 Å². The highest BCUT2D eigenvalue weighted by atomic mass is 16.3. The van der Waals surface area contributed by atoms with E-state index in [1.54, 1.807) is 6.07 Å². The molecule has 1 aliphatic carbocycles. The van der Waals surface area contributed by atoms with Crippen molar-refractivity contribution in [3.8, 4) is 0 Å². The van der Waals surface area contributed by atoms with Gasteiger partial charge >= 0.3 is 0 Å². The summed E-state index contributed by atoms with van der Waals surface area (Å²) < 4.78 is 0. The smallest absolute Gasteiger partial charge is 0.251 e. The summed E-state index contributed by atoms with van der Waals surface area (Å²) in [6, 6.07) is 5.39. The lowest BCUT2D eigenvalue weighted by Crippen LogP contribution is -2.41. The van der Waals surface area contributed by atoms with Gasteiger partial charge in [-0.3, -0.25) is 9.59 Å². The first-order valence-corrected chi connectivity index (χ1v) is 7.43. The van der Waals surface area contributed by atoms with E-state index in [1.165, 1.54) is 0 Å². The molecule has 118 valence electrons. The minimum Gasteiger partial charge on any atom is -0.396 e. The lowest BCUT2D eigenvalue weighted by atomic mass is 10.1. The maximum absolute atomic E-state index is 12.0. The summed E-state index contributed by atoms with van der Waals surface area (Å²) in [5, 5.41) is 14.5. The fourth-order valence-corrected chi connectivity index (χ4v) is 2.42. The van der Waals surface area contributed by atoms with Gasteiger partial charge in [0, 0.05) is 24.1 Å². The molecule has 2 amide bonds. The van der Waals surface area contributed by atoms with Crippen molar-refractivity contribution in [1.29, 1.82) is 0 Å². The molecule has 5 heteroatoms. The first-order valence-electron chi connectivity index (χ1n) is 7.43. The lowest BCUT2D eigenvalue weighted by molar-refractivity contribution is -0.120. The first kappa shape index (κ1) is 16.2. The Kier molecular flexibility index (Phi) is 5.33. The largest absolute Gasteiger partial charge is 0.396 e. The van der Waals surface area contributed by atoms with Gasteiger partial charge in [0.1, 0.15) is 0 Å². The molecule has 2 atom stereocenters. The molecule has 0 fully saturated rings. The highest BCUT2D eigenvalue weighted by molar-refractivity contribution is 5.96. The van der Waals surface area contributed by atoms with Crippen LogP contribution in [0.2, 0.25) is 0 Å². The third-order valence-corrected chi connectivity index (χ3v) is 3.93. The van der Waals surface area contributed by atoms with E-state index in [2.05, 4.69) is 10.6 Å². The number of carbonyl (C=O) groups excluding carboxylic acids is 2. The Hall–Kier alpha value is -2.14. The Labute approximate surface area is 130 Å². The molecule has 5 nitrogen and oxygen atoms in total. The van der Waals surface area contributed by atoms with Crippen molar-refractivity contribution in [3.63, 3.8) is 0 Å². The molecule has 22 heavy (non-hydrogen) atoms. The number of hydrogen-bond acceptors (Lipinski definition) is 3. The van der Waals surface area contributed by atoms with E-state index < -0.39 is 0 Å². The number of aliphatic hydroxyl groups is 1. The Morgan fingerprint density at radius 3 is 2.64 bits per heavy atom. The van der Waals surface area contributed by atoms with Crippen LogP contribution in [0.5, 0.6) is 0 Å². The number of aryl methyl sites for hydroxylation is 2. The molecular weight excluding hydrogens is 280 g/mol. The molecule has 1 aliphatic rings. The summed E-state index contributed by atoms with van der Waals surface area (Å²) in [5.41, 5.74) is 2.72. The number of rotatable bonds is 5. The van der Waals surface area contributed by atoms with Crippen LogP contribution in [0.3, 0.4) is 0 Å². The molecule has 0 heterocycles. The quantitative estimate of drug-likeness (QED) is 0.712. The Balaban J connectivity index is 1.79. The van der Waals surface area contributed by atoms with Gasteiger partial charge in [-0.15, -0.1) is 0 Å². The average molecular weight is 302 g/mol. The summed E-state index contributed by atoms with van der Waals surface area (Å²) in [5.74, 6) is -0.380. The molecule has 1 aromatic rings. The van der Waals surface area contributed by atoms with E-state index in [0.29, 0.717) is 12.0 Å². The number of carbonyl (C=O) groups is 2. The van der Waals surface area contributed by atoms with Gasteiger partial charge in [0.2, 0.25) is 5.91 Å². The van der Waals surface area contributed by atoms with Crippen molar-refractivity contribution in [1.82, 2.24) is 10.6 Å². The zero-order valence-corrected chi connectivity index (χ0v) is 12.9. The first-order chi connectivity index (χ1) is 10.5. The van der Waals surface area contributed by atoms with Crippen LogP contribution in [-0.2, 0) is 4.79 Å². The average Bonchev–Trinajstić information content (AvgIpc) is 2.95. The highest BCUT2D eigenvalue weighted by Crippen LogP contribution is 2.16. The van der Waals surface area contributed by atoms with Crippen molar-refractivity contribution in [2.75, 3.05) is 13.2 Å². The molecule has 1 aromatic carbocycles. The zero-order chi connectivity index (χ0) is 16.1. The number of benzene rings is 1. The molecular formula is C17H22N2O3. The fraction of sp³-hybridized carbons (Fsp3) is 0.412. The molecule has 2 rings (SSSR count). The molecule has 0 unspecified atom stereocenters. The molecule has 0 spiro atoms. The van der Waals surface area contributed by atoms with Crippen LogP contribution in [0.1, 0.15) is 27.9 Å². The number of hydrogen-bond donors (Lipinski definition) is 3. The summed E-state index contributed by atoms with van der Waals surface area (Å²) in [6.07, 6.45) is 4.48. The third-order valence-electron chi connectivity index (χ3n) is 3.93. The summed E-state index contributed by atoms with van der Waals surface area (Å²) in [6.45, 7) is 3.97. The van der Waals surface area contributed by atoms with Crippen LogP contribution in [0.25, 0.3) is 0 Å². The molecule has 0 bridgehead atoms. The predicted octanol–water partition coefficient (Wildman–Crippen LogP) is 1.09. The minimum absolute atomic E-state index is 0.0557. The zero-order valence-electron chi connectivity index (χ0n) is 12.9. The van der Waals surface area contributed by atoms with Crippen molar-refractivity contribution in [2.45, 2.75) is 26.3 Å². The second kappa shape index (κ2) is 7.22. The van der Waals surface area contributed by atoms with E-state index in [9.17, 15) is 9.59 Å². The standard InChI is InChI=1S/C17H22N2O3/c1-11-3-5-14(7-12(11)2)17(22)18-9-16(21)19-15-6-4-13(8-15)10-20/h3-7,13,15,20H,8-10H2,1-2H3,(H,18,22)(H,19,21)/t13-,15+/m0/s1. The van der Waals surface area contributed by atoms with Gasteiger partial charge in [-0.05, 0) is 43.5 Å². The molecule has 3 N–H and O–H groups in total. The maximum atomic E-state index is 12.0. The van der Waals surface area contributed by atoms with E-state index in [-0.39, 0.29) is 36.9 Å². The number of aliphatic hydroxyl groups excluding tert-OH is 1. The predicted molar refractivity (Wildman–Crippen MR) is 84.5 cm³/mol. The molecule has 0 aliphatic heterocycles. The second-order valence-electron chi connectivity index (χ2n) is 5.72. The third kappa shape index (κ3) is 4.18. The lowest BCUT2D eigenvalue weighted by Gasteiger charge is -2.13. The molecule has 0 saturated carbocycles. The van der Waals surface area contributed by atoms with E-state index in [1.807, 2.05) is 38.1 Å². The van der Waals surface area contributed by atoms with Gasteiger partial charge in [-0.25, -0.2) is 0 Å². The Bertz CT molecular complexity index is 596. The van der Waals surface area contributed by atoms with Gasteiger partial charge in [0.05, 0.1) is 6.54 Å². The molecule has 0 aromatic heterocycles. The van der Waals surface area contributed by atoms with Gasteiger partial charge in [0.15, 0.2) is 0 Å². The summed E-state index contributed by atoms with van der Waals surface area (Å²) >= 11 is 0. The Morgan fingerprint density at radius 1 is 1.23 bits per heavy atom. The highest BCUT2D eigenvalue weighted by Gasteiger charge is 2.19. The van der Waals surface area contributed by atoms with Crippen LogP contribution in [0, 0.1) is 19.8 Å². The normalized spacial score (nSPS) is 20.0. The topological polar surface area (TPSA) is 78.4 Å². The van der Waals surface area contributed by atoms with E-state index >= 15 is 0 Å². The van der Waals surface area contributed by atoms with Gasteiger partial charge in [0.25, 0.3) is 5.91 Å². The van der Waals surface area contributed by atoms with Crippen molar-refractivity contribution >= 4 is 11.8 Å². The monoisotopic (exact) mass is 302 g/mol. The minimum atomic E-state index is -0.256. The second-order valence-corrected chi connectivity index (χ2v) is 5.72. The van der Waals surface area contributed by atoms with Gasteiger partial charge in [-0.2, -0.15) is 0 Å². The number of amides is 2. The van der Waals surface area contributed by atoms with Gasteiger partial charge in [-0.1, -0.05) is 18.2 Å². The maximum Gasteiger partial charge on any atom is 0.251 e.